The normalized spacial score (nSPS) is 10.9. The van der Waals surface area contributed by atoms with E-state index < -0.39 is 0 Å². The molecule has 1 heterocycles. The van der Waals surface area contributed by atoms with Crippen molar-refractivity contribution in [2.45, 2.75) is 20.1 Å². The van der Waals surface area contributed by atoms with Gasteiger partial charge in [0.2, 0.25) is 0 Å². The molecule has 0 fully saturated rings. The molecule has 108 valence electrons. The summed E-state index contributed by atoms with van der Waals surface area (Å²) in [5, 5.41) is 10.4. The van der Waals surface area contributed by atoms with Gasteiger partial charge in [0.05, 0.1) is 5.52 Å². The van der Waals surface area contributed by atoms with E-state index >= 15 is 0 Å². The number of hydrogen-bond acceptors (Lipinski definition) is 3. The number of phenolic OH excluding ortho intramolecular Hbond substituents is 1. The molecule has 3 rings (SSSR count). The minimum atomic E-state index is 0.236. The Bertz CT molecular complexity index is 760. The van der Waals surface area contributed by atoms with Gasteiger partial charge in [-0.1, -0.05) is 6.07 Å². The lowest BCUT2D eigenvalue weighted by molar-refractivity contribution is 0.307. The molecular weight excluding hydrogens is 264 g/mol. The van der Waals surface area contributed by atoms with E-state index in [1.54, 1.807) is 24.3 Å². The van der Waals surface area contributed by atoms with Crippen molar-refractivity contribution in [3.05, 3.63) is 54.2 Å². The number of ether oxygens (including phenoxy) is 1. The number of nitrogen functional groups attached to an aromatic ring is 1. The zero-order chi connectivity index (χ0) is 14.8. The van der Waals surface area contributed by atoms with Crippen molar-refractivity contribution in [1.82, 2.24) is 4.57 Å². The minimum Gasteiger partial charge on any atom is -0.508 e. The van der Waals surface area contributed by atoms with Gasteiger partial charge in [-0.15, -0.1) is 0 Å². The van der Waals surface area contributed by atoms with Crippen molar-refractivity contribution in [1.29, 1.82) is 0 Å². The van der Waals surface area contributed by atoms with Crippen molar-refractivity contribution >= 4 is 16.6 Å². The first-order valence-corrected chi connectivity index (χ1v) is 6.96. The Balaban J connectivity index is 1.88. The number of nitrogens with zero attached hydrogens (tertiary/aromatic N) is 1. The first-order valence-electron chi connectivity index (χ1n) is 6.96. The number of aryl methyl sites for hydroxylation is 1. The minimum absolute atomic E-state index is 0.236. The molecule has 0 bridgehead atoms. The molecule has 0 aliphatic heterocycles. The molecule has 0 amide bonds. The molecular formula is C17H18N2O2. The van der Waals surface area contributed by atoms with Crippen LogP contribution in [0.25, 0.3) is 10.9 Å². The zero-order valence-electron chi connectivity index (χ0n) is 11.9. The highest BCUT2D eigenvalue weighted by atomic mass is 16.5. The Hall–Kier alpha value is -2.62. The fourth-order valence-electron chi connectivity index (χ4n) is 2.47. The third kappa shape index (κ3) is 2.65. The number of fused-ring (bicyclic) bond motifs is 1. The number of nitrogens with two attached hydrogens (primary N) is 1. The summed E-state index contributed by atoms with van der Waals surface area (Å²) in [5.41, 5.74) is 8.88. The smallest absolute Gasteiger partial charge is 0.120 e. The first-order chi connectivity index (χ1) is 10.2. The molecule has 21 heavy (non-hydrogen) atoms. The number of anilines is 1. The van der Waals surface area contributed by atoms with Crippen LogP contribution in [0.3, 0.4) is 0 Å². The van der Waals surface area contributed by atoms with E-state index in [9.17, 15) is 5.11 Å². The average molecular weight is 282 g/mol. The summed E-state index contributed by atoms with van der Waals surface area (Å²) < 4.78 is 7.96. The average Bonchev–Trinajstić information content (AvgIpc) is 2.84. The topological polar surface area (TPSA) is 60.4 Å². The van der Waals surface area contributed by atoms with Gasteiger partial charge in [0.15, 0.2) is 0 Å². The van der Waals surface area contributed by atoms with Gasteiger partial charge >= 0.3 is 0 Å². The number of benzene rings is 2. The maximum Gasteiger partial charge on any atom is 0.120 e. The molecule has 4 heteroatoms. The van der Waals surface area contributed by atoms with E-state index in [4.69, 9.17) is 10.5 Å². The summed E-state index contributed by atoms with van der Waals surface area (Å²) >= 11 is 0. The maximum absolute atomic E-state index is 9.27. The molecule has 3 N–H and O–H groups in total. The van der Waals surface area contributed by atoms with Crippen molar-refractivity contribution < 1.29 is 9.84 Å². The molecule has 0 atom stereocenters. The molecule has 0 radical (unpaired) electrons. The summed E-state index contributed by atoms with van der Waals surface area (Å²) in [6.45, 7) is 3.48. The Morgan fingerprint density at radius 1 is 1.14 bits per heavy atom. The first kappa shape index (κ1) is 13.4. The lowest BCUT2D eigenvalue weighted by Gasteiger charge is -2.05. The Labute approximate surface area is 123 Å². The van der Waals surface area contributed by atoms with Crippen LogP contribution >= 0.6 is 0 Å². The van der Waals surface area contributed by atoms with Crippen LogP contribution in [0.4, 0.5) is 5.69 Å². The lowest BCUT2D eigenvalue weighted by atomic mass is 10.1. The molecule has 2 aromatic carbocycles. The van der Waals surface area contributed by atoms with E-state index in [2.05, 4.69) is 17.7 Å². The van der Waals surface area contributed by atoms with Crippen LogP contribution in [-0.4, -0.2) is 9.67 Å². The second kappa shape index (κ2) is 5.40. The monoisotopic (exact) mass is 282 g/mol. The van der Waals surface area contributed by atoms with Crippen molar-refractivity contribution in [3.8, 4) is 11.5 Å². The third-order valence-electron chi connectivity index (χ3n) is 3.56. The highest BCUT2D eigenvalue weighted by Crippen LogP contribution is 2.25. The number of phenols is 1. The molecule has 0 saturated heterocycles. The van der Waals surface area contributed by atoms with Gasteiger partial charge in [-0.3, -0.25) is 0 Å². The van der Waals surface area contributed by atoms with E-state index in [0.29, 0.717) is 6.61 Å². The lowest BCUT2D eigenvalue weighted by Crippen LogP contribution is -1.94. The molecule has 1 aromatic heterocycles. The van der Waals surface area contributed by atoms with Gasteiger partial charge in [-0.25, -0.2) is 0 Å². The predicted octanol–water partition coefficient (Wildman–Crippen LogP) is 3.53. The second-order valence-corrected chi connectivity index (χ2v) is 5.00. The number of hydrogen-bond donors (Lipinski definition) is 2. The van der Waals surface area contributed by atoms with Gasteiger partial charge in [-0.05, 0) is 43.3 Å². The molecule has 0 aliphatic rings. The Kier molecular flexibility index (Phi) is 3.44. The van der Waals surface area contributed by atoms with Crippen molar-refractivity contribution in [2.75, 3.05) is 5.73 Å². The largest absolute Gasteiger partial charge is 0.508 e. The van der Waals surface area contributed by atoms with Gasteiger partial charge in [0, 0.05) is 29.4 Å². The summed E-state index contributed by atoms with van der Waals surface area (Å²) in [4.78, 5) is 0. The highest BCUT2D eigenvalue weighted by Gasteiger charge is 2.08. The standard InChI is InChI=1S/C17H18N2O2/c1-2-19-10-12(16-8-3-13(18)9-17(16)19)11-21-15-6-4-14(20)5-7-15/h3-10,20H,2,11,18H2,1H3. The van der Waals surface area contributed by atoms with Crippen molar-refractivity contribution in [3.63, 3.8) is 0 Å². The van der Waals surface area contributed by atoms with Crippen LogP contribution < -0.4 is 10.5 Å². The second-order valence-electron chi connectivity index (χ2n) is 5.00. The van der Waals surface area contributed by atoms with Gasteiger partial charge in [0.25, 0.3) is 0 Å². The van der Waals surface area contributed by atoms with Crippen molar-refractivity contribution in [2.24, 2.45) is 0 Å². The van der Waals surface area contributed by atoms with Crippen LogP contribution in [0.1, 0.15) is 12.5 Å². The summed E-state index contributed by atoms with van der Waals surface area (Å²) in [5.74, 6) is 0.973. The highest BCUT2D eigenvalue weighted by molar-refractivity contribution is 5.86. The van der Waals surface area contributed by atoms with E-state index in [1.165, 1.54) is 0 Å². The summed E-state index contributed by atoms with van der Waals surface area (Å²) in [7, 11) is 0. The number of aromatic nitrogens is 1. The quantitative estimate of drug-likeness (QED) is 0.720. The Morgan fingerprint density at radius 2 is 1.90 bits per heavy atom. The van der Waals surface area contributed by atoms with Crippen LogP contribution in [0.5, 0.6) is 11.5 Å². The van der Waals surface area contributed by atoms with E-state index in [0.717, 1.165) is 34.4 Å². The summed E-state index contributed by atoms with van der Waals surface area (Å²) in [6.07, 6.45) is 2.10. The molecule has 0 aliphatic carbocycles. The summed E-state index contributed by atoms with van der Waals surface area (Å²) in [6, 6.07) is 12.7. The predicted molar refractivity (Wildman–Crippen MR) is 84.5 cm³/mol. The van der Waals surface area contributed by atoms with Crippen LogP contribution in [0.15, 0.2) is 48.7 Å². The molecule has 4 nitrogen and oxygen atoms in total. The third-order valence-corrected chi connectivity index (χ3v) is 3.56. The van der Waals surface area contributed by atoms with Gasteiger partial charge in [-0.2, -0.15) is 0 Å². The molecule has 0 unspecified atom stereocenters. The van der Waals surface area contributed by atoms with E-state index in [1.807, 2.05) is 18.2 Å². The SMILES string of the molecule is CCn1cc(COc2ccc(O)cc2)c2ccc(N)cc21. The molecule has 3 aromatic rings. The van der Waals surface area contributed by atoms with E-state index in [-0.39, 0.29) is 5.75 Å². The van der Waals surface area contributed by atoms with Crippen LogP contribution in [0.2, 0.25) is 0 Å². The van der Waals surface area contributed by atoms with Crippen LogP contribution in [-0.2, 0) is 13.2 Å². The number of rotatable bonds is 4. The van der Waals surface area contributed by atoms with Gasteiger partial charge in [0.1, 0.15) is 18.1 Å². The fourth-order valence-corrected chi connectivity index (χ4v) is 2.47. The Morgan fingerprint density at radius 3 is 2.62 bits per heavy atom. The maximum atomic E-state index is 9.27. The fraction of sp³-hybridized carbons (Fsp3) is 0.176. The zero-order valence-corrected chi connectivity index (χ0v) is 11.9. The van der Waals surface area contributed by atoms with Gasteiger partial charge < -0.3 is 20.1 Å². The molecule has 0 spiro atoms. The molecule has 0 saturated carbocycles. The van der Waals surface area contributed by atoms with Crippen LogP contribution in [0, 0.1) is 0 Å². The number of aromatic hydroxyl groups is 1.